The van der Waals surface area contributed by atoms with Crippen molar-refractivity contribution in [1.82, 2.24) is 15.0 Å². The van der Waals surface area contributed by atoms with Crippen LogP contribution in [-0.4, -0.2) is 15.0 Å². The molecule has 0 atom stereocenters. The molecular formula is C26H21N3. The topological polar surface area (TPSA) is 30.7 Å². The Bertz CT molecular complexity index is 1150. The number of fused-ring (bicyclic) bond motifs is 1. The number of rotatable bonds is 4. The third-order valence-corrected chi connectivity index (χ3v) is 5.41. The molecule has 0 saturated heterocycles. The zero-order valence-electron chi connectivity index (χ0n) is 16.2. The fourth-order valence-electron chi connectivity index (χ4n) is 4.06. The van der Waals surface area contributed by atoms with E-state index in [9.17, 15) is 0 Å². The van der Waals surface area contributed by atoms with E-state index in [0.29, 0.717) is 0 Å². The smallest absolute Gasteiger partial charge is 0.157 e. The second-order valence-corrected chi connectivity index (χ2v) is 7.29. The van der Waals surface area contributed by atoms with E-state index >= 15 is 0 Å². The average molecular weight is 375 g/mol. The van der Waals surface area contributed by atoms with Crippen LogP contribution in [0.5, 0.6) is 0 Å². The molecule has 5 rings (SSSR count). The van der Waals surface area contributed by atoms with Gasteiger partial charge >= 0.3 is 0 Å². The summed E-state index contributed by atoms with van der Waals surface area (Å²) in [5.41, 5.74) is 5.66. The highest BCUT2D eigenvalue weighted by Crippen LogP contribution is 2.40. The first-order chi connectivity index (χ1) is 14.3. The summed E-state index contributed by atoms with van der Waals surface area (Å²) in [5, 5.41) is 9.94. The van der Waals surface area contributed by atoms with Crippen LogP contribution >= 0.6 is 0 Å². The van der Waals surface area contributed by atoms with E-state index in [1.165, 1.54) is 5.56 Å². The molecule has 5 aromatic rings. The average Bonchev–Trinajstić information content (AvgIpc) is 3.20. The van der Waals surface area contributed by atoms with Gasteiger partial charge in [-0.15, -0.1) is 0 Å². The summed E-state index contributed by atoms with van der Waals surface area (Å²) in [6.07, 6.45) is 0. The fraction of sp³-hybridized carbons (Fsp3) is 0.0769. The van der Waals surface area contributed by atoms with Gasteiger partial charge in [0.1, 0.15) is 11.0 Å². The quantitative estimate of drug-likeness (QED) is 0.384. The highest BCUT2D eigenvalue weighted by atomic mass is 15.5. The Morgan fingerprint density at radius 3 is 1.48 bits per heavy atom. The lowest BCUT2D eigenvalue weighted by atomic mass is 9.77. The van der Waals surface area contributed by atoms with Crippen LogP contribution in [0.3, 0.4) is 0 Å². The number of hydrogen-bond acceptors (Lipinski definition) is 2. The predicted molar refractivity (Wildman–Crippen MR) is 117 cm³/mol. The number of hydrogen-bond donors (Lipinski definition) is 0. The molecule has 0 spiro atoms. The third-order valence-electron chi connectivity index (χ3n) is 5.41. The van der Waals surface area contributed by atoms with Crippen LogP contribution in [0.4, 0.5) is 0 Å². The van der Waals surface area contributed by atoms with Crippen LogP contribution in [0, 0.1) is 6.92 Å². The predicted octanol–water partition coefficient (Wildman–Crippen LogP) is 5.58. The van der Waals surface area contributed by atoms with Crippen LogP contribution < -0.4 is 0 Å². The van der Waals surface area contributed by atoms with Crippen molar-refractivity contribution in [3.8, 4) is 0 Å². The lowest BCUT2D eigenvalue weighted by Crippen LogP contribution is -2.39. The van der Waals surface area contributed by atoms with E-state index in [4.69, 9.17) is 10.2 Å². The molecule has 0 aliphatic rings. The normalized spacial score (nSPS) is 11.6. The first kappa shape index (κ1) is 17.4. The van der Waals surface area contributed by atoms with E-state index in [-0.39, 0.29) is 0 Å². The van der Waals surface area contributed by atoms with Crippen molar-refractivity contribution in [3.63, 3.8) is 0 Å². The minimum absolute atomic E-state index is 0.670. The van der Waals surface area contributed by atoms with Gasteiger partial charge in [-0.1, -0.05) is 97.1 Å². The van der Waals surface area contributed by atoms with E-state index in [1.54, 1.807) is 0 Å². The standard InChI is InChI=1S/C26H21N3/c1-20-17-18-24-25(19-20)28-29(27-24)26(21-11-5-2-6-12-21,22-13-7-3-8-14-22)23-15-9-4-10-16-23/h2-19H,1H3. The Morgan fingerprint density at radius 1 is 0.552 bits per heavy atom. The SMILES string of the molecule is Cc1ccc2nn(C(c3ccccc3)(c3ccccc3)c3ccccc3)nc2c1. The van der Waals surface area contributed by atoms with Gasteiger partial charge in [-0.2, -0.15) is 15.0 Å². The van der Waals surface area contributed by atoms with Crippen molar-refractivity contribution < 1.29 is 0 Å². The summed E-state index contributed by atoms with van der Waals surface area (Å²) in [4.78, 5) is 1.89. The van der Waals surface area contributed by atoms with Crippen LogP contribution in [-0.2, 0) is 5.54 Å². The molecule has 3 heteroatoms. The minimum atomic E-state index is -0.670. The highest BCUT2D eigenvalue weighted by molar-refractivity contribution is 5.74. The van der Waals surface area contributed by atoms with Gasteiger partial charge in [-0.25, -0.2) is 0 Å². The van der Waals surface area contributed by atoms with Gasteiger partial charge in [0.2, 0.25) is 0 Å². The fourth-order valence-corrected chi connectivity index (χ4v) is 4.06. The number of benzene rings is 4. The molecule has 140 valence electrons. The third kappa shape index (κ3) is 2.83. The zero-order chi connectivity index (χ0) is 19.7. The molecule has 3 nitrogen and oxygen atoms in total. The molecule has 1 aromatic heterocycles. The van der Waals surface area contributed by atoms with Crippen molar-refractivity contribution in [1.29, 1.82) is 0 Å². The summed E-state index contributed by atoms with van der Waals surface area (Å²) in [5.74, 6) is 0. The Hall–Kier alpha value is -3.72. The lowest BCUT2D eigenvalue weighted by molar-refractivity contribution is 0.409. The largest absolute Gasteiger partial charge is 0.164 e. The summed E-state index contributed by atoms with van der Waals surface area (Å²) in [6, 6.07) is 37.7. The van der Waals surface area contributed by atoms with Crippen molar-refractivity contribution in [2.75, 3.05) is 0 Å². The molecule has 0 saturated carbocycles. The van der Waals surface area contributed by atoms with E-state index in [0.717, 1.165) is 27.7 Å². The van der Waals surface area contributed by atoms with E-state index < -0.39 is 5.54 Å². The van der Waals surface area contributed by atoms with Crippen LogP contribution in [0.25, 0.3) is 11.0 Å². The first-order valence-corrected chi connectivity index (χ1v) is 9.79. The van der Waals surface area contributed by atoms with Crippen LogP contribution in [0.2, 0.25) is 0 Å². The molecule has 1 heterocycles. The molecule has 29 heavy (non-hydrogen) atoms. The van der Waals surface area contributed by atoms with Gasteiger partial charge in [-0.3, -0.25) is 0 Å². The van der Waals surface area contributed by atoms with E-state index in [2.05, 4.69) is 91.9 Å². The van der Waals surface area contributed by atoms with Crippen LogP contribution in [0.15, 0.2) is 109 Å². The summed E-state index contributed by atoms with van der Waals surface area (Å²) in [6.45, 7) is 2.08. The van der Waals surface area contributed by atoms with Gasteiger partial charge < -0.3 is 0 Å². The van der Waals surface area contributed by atoms with E-state index in [1.807, 2.05) is 29.1 Å². The number of aromatic nitrogens is 3. The van der Waals surface area contributed by atoms with Gasteiger partial charge in [0.15, 0.2) is 5.54 Å². The summed E-state index contributed by atoms with van der Waals surface area (Å²) < 4.78 is 0. The maximum atomic E-state index is 4.98. The van der Waals surface area contributed by atoms with Gasteiger partial charge in [0, 0.05) is 0 Å². The van der Waals surface area contributed by atoms with Crippen molar-refractivity contribution in [2.45, 2.75) is 12.5 Å². The molecule has 0 aliphatic carbocycles. The highest BCUT2D eigenvalue weighted by Gasteiger charge is 2.40. The van der Waals surface area contributed by atoms with Gasteiger partial charge in [0.25, 0.3) is 0 Å². The number of nitrogens with zero attached hydrogens (tertiary/aromatic N) is 3. The molecule has 0 aliphatic heterocycles. The zero-order valence-corrected chi connectivity index (χ0v) is 16.2. The lowest BCUT2D eigenvalue weighted by Gasteiger charge is -2.34. The molecule has 0 fully saturated rings. The van der Waals surface area contributed by atoms with Crippen molar-refractivity contribution in [2.24, 2.45) is 0 Å². The Kier molecular flexibility index (Phi) is 4.21. The molecular weight excluding hydrogens is 354 g/mol. The number of aryl methyl sites for hydroxylation is 1. The summed E-state index contributed by atoms with van der Waals surface area (Å²) >= 11 is 0. The minimum Gasteiger partial charge on any atom is -0.164 e. The second kappa shape index (κ2) is 7.02. The Morgan fingerprint density at radius 2 is 1.00 bits per heavy atom. The molecule has 0 unspecified atom stereocenters. The van der Waals surface area contributed by atoms with Gasteiger partial charge in [0.05, 0.1) is 0 Å². The maximum absolute atomic E-state index is 4.98. The van der Waals surface area contributed by atoms with Gasteiger partial charge in [-0.05, 0) is 41.3 Å². The second-order valence-electron chi connectivity index (χ2n) is 7.29. The maximum Gasteiger partial charge on any atom is 0.157 e. The molecule has 4 aromatic carbocycles. The summed E-state index contributed by atoms with van der Waals surface area (Å²) in [7, 11) is 0. The Labute approximate surface area is 170 Å². The monoisotopic (exact) mass is 375 g/mol. The van der Waals surface area contributed by atoms with Crippen LogP contribution in [0.1, 0.15) is 22.3 Å². The molecule has 0 N–H and O–H groups in total. The Balaban J connectivity index is 1.92. The first-order valence-electron chi connectivity index (χ1n) is 9.79. The van der Waals surface area contributed by atoms with Crippen molar-refractivity contribution >= 4 is 11.0 Å². The molecule has 0 radical (unpaired) electrons. The molecule has 0 amide bonds. The molecule has 0 bridgehead atoms. The van der Waals surface area contributed by atoms with Crippen molar-refractivity contribution in [3.05, 3.63) is 131 Å².